The van der Waals surface area contributed by atoms with E-state index < -0.39 is 5.97 Å². The van der Waals surface area contributed by atoms with Crippen LogP contribution in [0.4, 0.5) is 0 Å². The van der Waals surface area contributed by atoms with Crippen molar-refractivity contribution >= 4 is 34.8 Å². The predicted molar refractivity (Wildman–Crippen MR) is 68.7 cm³/mol. The molecule has 0 aliphatic carbocycles. The fourth-order valence-electron chi connectivity index (χ4n) is 1.92. The van der Waals surface area contributed by atoms with Crippen molar-refractivity contribution < 1.29 is 14.3 Å². The third kappa shape index (κ3) is 2.38. The standard InChI is InChI=1S/C13H12ClNO3/c1-9-7-10-3-2-4-11(14)13(10)15(9)8-12(17)18-6-5-16/h2-5,7H,6,8H2,1H3. The van der Waals surface area contributed by atoms with E-state index in [4.69, 9.17) is 16.3 Å². The summed E-state index contributed by atoms with van der Waals surface area (Å²) in [4.78, 5) is 21.7. The minimum atomic E-state index is -0.456. The number of fused-ring (bicyclic) bond motifs is 1. The van der Waals surface area contributed by atoms with Crippen LogP contribution in [-0.2, 0) is 20.9 Å². The molecule has 0 N–H and O–H groups in total. The average Bonchev–Trinajstić information content (AvgIpc) is 2.65. The van der Waals surface area contributed by atoms with E-state index >= 15 is 0 Å². The van der Waals surface area contributed by atoms with Crippen LogP contribution in [0.25, 0.3) is 10.9 Å². The molecule has 0 aliphatic rings. The van der Waals surface area contributed by atoms with Gasteiger partial charge in [-0.05, 0) is 19.1 Å². The van der Waals surface area contributed by atoms with Crippen molar-refractivity contribution in [1.29, 1.82) is 0 Å². The molecule has 1 aromatic carbocycles. The highest BCUT2D eigenvalue weighted by Gasteiger charge is 2.12. The van der Waals surface area contributed by atoms with Gasteiger partial charge in [0, 0.05) is 11.1 Å². The number of esters is 1. The number of hydrogen-bond donors (Lipinski definition) is 0. The number of aldehydes is 1. The van der Waals surface area contributed by atoms with E-state index in [9.17, 15) is 9.59 Å². The number of para-hydroxylation sites is 1. The first-order valence-electron chi connectivity index (χ1n) is 5.47. The van der Waals surface area contributed by atoms with E-state index in [-0.39, 0.29) is 13.2 Å². The van der Waals surface area contributed by atoms with Gasteiger partial charge in [-0.3, -0.25) is 9.59 Å². The van der Waals surface area contributed by atoms with E-state index in [1.165, 1.54) is 0 Å². The molecular weight excluding hydrogens is 254 g/mol. The quantitative estimate of drug-likeness (QED) is 0.630. The number of halogens is 1. The highest BCUT2D eigenvalue weighted by molar-refractivity contribution is 6.35. The van der Waals surface area contributed by atoms with Crippen molar-refractivity contribution in [3.63, 3.8) is 0 Å². The molecule has 94 valence electrons. The van der Waals surface area contributed by atoms with Crippen molar-refractivity contribution in [2.75, 3.05) is 6.61 Å². The Morgan fingerprint density at radius 2 is 2.28 bits per heavy atom. The van der Waals surface area contributed by atoms with Gasteiger partial charge in [0.15, 0.2) is 6.29 Å². The lowest BCUT2D eigenvalue weighted by atomic mass is 10.2. The lowest BCUT2D eigenvalue weighted by Gasteiger charge is -2.08. The number of aryl methyl sites for hydroxylation is 1. The molecule has 0 amide bonds. The summed E-state index contributed by atoms with van der Waals surface area (Å²) in [6, 6.07) is 7.52. The van der Waals surface area contributed by atoms with E-state index in [0.717, 1.165) is 16.6 Å². The summed E-state index contributed by atoms with van der Waals surface area (Å²) in [6.45, 7) is 1.72. The summed E-state index contributed by atoms with van der Waals surface area (Å²) in [5, 5.41) is 1.56. The zero-order valence-electron chi connectivity index (χ0n) is 9.85. The Hall–Kier alpha value is -1.81. The smallest absolute Gasteiger partial charge is 0.326 e. The average molecular weight is 266 g/mol. The van der Waals surface area contributed by atoms with Gasteiger partial charge in [0.2, 0.25) is 0 Å². The van der Waals surface area contributed by atoms with Gasteiger partial charge in [0.1, 0.15) is 13.2 Å². The summed E-state index contributed by atoms with van der Waals surface area (Å²) < 4.78 is 6.52. The van der Waals surface area contributed by atoms with Crippen molar-refractivity contribution in [1.82, 2.24) is 4.57 Å². The molecule has 1 aromatic heterocycles. The van der Waals surface area contributed by atoms with Crippen LogP contribution in [0.5, 0.6) is 0 Å². The molecule has 0 saturated carbocycles. The fraction of sp³-hybridized carbons (Fsp3) is 0.231. The van der Waals surface area contributed by atoms with Gasteiger partial charge in [-0.25, -0.2) is 0 Å². The normalized spacial score (nSPS) is 10.6. The minimum Gasteiger partial charge on any atom is -0.457 e. The third-order valence-electron chi connectivity index (χ3n) is 2.68. The molecule has 4 nitrogen and oxygen atoms in total. The molecular formula is C13H12ClNO3. The minimum absolute atomic E-state index is 0.0485. The van der Waals surface area contributed by atoms with Crippen LogP contribution in [0.2, 0.25) is 5.02 Å². The fourth-order valence-corrected chi connectivity index (χ4v) is 2.20. The first-order valence-corrected chi connectivity index (χ1v) is 5.85. The molecule has 0 aliphatic heterocycles. The summed E-state index contributed by atoms with van der Waals surface area (Å²) in [5.74, 6) is -0.456. The highest BCUT2D eigenvalue weighted by Crippen LogP contribution is 2.26. The number of carbonyl (C=O) groups is 2. The maximum Gasteiger partial charge on any atom is 0.326 e. The Bertz CT molecular complexity index is 604. The number of rotatable bonds is 4. The number of hydrogen-bond acceptors (Lipinski definition) is 3. The van der Waals surface area contributed by atoms with Crippen molar-refractivity contribution in [3.05, 3.63) is 35.0 Å². The first kappa shape index (κ1) is 12.6. The summed E-state index contributed by atoms with van der Waals surface area (Å²) in [5.41, 5.74) is 1.72. The Balaban J connectivity index is 2.35. The largest absolute Gasteiger partial charge is 0.457 e. The molecule has 1 heterocycles. The van der Waals surface area contributed by atoms with E-state index in [1.54, 1.807) is 10.6 Å². The van der Waals surface area contributed by atoms with Crippen molar-refractivity contribution in [2.24, 2.45) is 0 Å². The predicted octanol–water partition coefficient (Wildman–Crippen LogP) is 2.35. The van der Waals surface area contributed by atoms with Crippen LogP contribution in [-0.4, -0.2) is 23.4 Å². The molecule has 0 unspecified atom stereocenters. The van der Waals surface area contributed by atoms with Crippen molar-refractivity contribution in [3.8, 4) is 0 Å². The monoisotopic (exact) mass is 265 g/mol. The second kappa shape index (κ2) is 5.23. The molecule has 18 heavy (non-hydrogen) atoms. The highest BCUT2D eigenvalue weighted by atomic mass is 35.5. The van der Waals surface area contributed by atoms with Gasteiger partial charge in [-0.1, -0.05) is 23.7 Å². The van der Waals surface area contributed by atoms with Gasteiger partial charge in [-0.2, -0.15) is 0 Å². The molecule has 5 heteroatoms. The Labute approximate surface area is 109 Å². The first-order chi connectivity index (χ1) is 8.63. The second-order valence-corrected chi connectivity index (χ2v) is 4.31. The summed E-state index contributed by atoms with van der Waals surface area (Å²) in [7, 11) is 0. The van der Waals surface area contributed by atoms with Gasteiger partial charge in [0.05, 0.1) is 10.5 Å². The molecule has 0 spiro atoms. The van der Waals surface area contributed by atoms with Crippen molar-refractivity contribution in [2.45, 2.75) is 13.5 Å². The van der Waals surface area contributed by atoms with Gasteiger partial charge >= 0.3 is 5.97 Å². The molecule has 0 fully saturated rings. The van der Waals surface area contributed by atoms with Crippen LogP contribution in [0.15, 0.2) is 24.3 Å². The summed E-state index contributed by atoms with van der Waals surface area (Å²) in [6.07, 6.45) is 0.547. The number of benzene rings is 1. The lowest BCUT2D eigenvalue weighted by molar-refractivity contribution is -0.146. The molecule has 2 aromatic rings. The maximum atomic E-state index is 11.5. The molecule has 0 atom stereocenters. The number of ether oxygens (including phenoxy) is 1. The Kier molecular flexibility index (Phi) is 3.67. The van der Waals surface area contributed by atoms with Crippen LogP contribution in [0.3, 0.4) is 0 Å². The zero-order valence-corrected chi connectivity index (χ0v) is 10.6. The molecule has 2 rings (SSSR count). The van der Waals surface area contributed by atoms with Crippen LogP contribution < -0.4 is 0 Å². The Morgan fingerprint density at radius 1 is 1.50 bits per heavy atom. The summed E-state index contributed by atoms with van der Waals surface area (Å²) >= 11 is 6.13. The van der Waals surface area contributed by atoms with E-state index in [0.29, 0.717) is 11.3 Å². The number of carbonyl (C=O) groups excluding carboxylic acids is 2. The van der Waals surface area contributed by atoms with Crippen LogP contribution in [0, 0.1) is 6.92 Å². The van der Waals surface area contributed by atoms with Gasteiger partial charge in [-0.15, -0.1) is 0 Å². The van der Waals surface area contributed by atoms with E-state index in [2.05, 4.69) is 0 Å². The molecule has 0 bridgehead atoms. The van der Waals surface area contributed by atoms with Crippen LogP contribution in [0.1, 0.15) is 5.69 Å². The maximum absolute atomic E-state index is 11.5. The topological polar surface area (TPSA) is 48.3 Å². The molecule has 0 radical (unpaired) electrons. The molecule has 0 saturated heterocycles. The lowest BCUT2D eigenvalue weighted by Crippen LogP contribution is -2.15. The number of aromatic nitrogens is 1. The van der Waals surface area contributed by atoms with Gasteiger partial charge < -0.3 is 9.30 Å². The Morgan fingerprint density at radius 3 is 3.00 bits per heavy atom. The number of nitrogens with zero attached hydrogens (tertiary/aromatic N) is 1. The second-order valence-electron chi connectivity index (χ2n) is 3.90. The third-order valence-corrected chi connectivity index (χ3v) is 2.98. The zero-order chi connectivity index (χ0) is 13.1. The van der Waals surface area contributed by atoms with Crippen LogP contribution >= 0.6 is 11.6 Å². The van der Waals surface area contributed by atoms with E-state index in [1.807, 2.05) is 25.1 Å². The van der Waals surface area contributed by atoms with Gasteiger partial charge in [0.25, 0.3) is 0 Å². The SMILES string of the molecule is Cc1cc2cccc(Cl)c2n1CC(=O)OCC=O.